The van der Waals surface area contributed by atoms with Gasteiger partial charge in [-0.15, -0.1) is 0 Å². The highest BCUT2D eigenvalue weighted by Gasteiger charge is 2.35. The topological polar surface area (TPSA) is 6.48 Å². The molecule has 0 radical (unpaired) electrons. The molecule has 0 aromatic heterocycles. The number of nitrogens with zero attached hydrogens (tertiary/aromatic N) is 2. The van der Waals surface area contributed by atoms with E-state index in [4.69, 9.17) is 12.6 Å². The summed E-state index contributed by atoms with van der Waals surface area (Å²) >= 11 is 4.76. The van der Waals surface area contributed by atoms with Gasteiger partial charge in [0.15, 0.2) is 0 Å². The minimum atomic E-state index is 0.524. The number of piperidine rings is 1. The van der Waals surface area contributed by atoms with Crippen LogP contribution in [-0.2, 0) is 0 Å². The molecule has 2 saturated heterocycles. The van der Waals surface area contributed by atoms with Crippen molar-refractivity contribution in [1.29, 1.82) is 0 Å². The second-order valence-electron chi connectivity index (χ2n) is 7.85. The summed E-state index contributed by atoms with van der Waals surface area (Å²) in [5, 5.41) is 0. The number of rotatable bonds is 4. The van der Waals surface area contributed by atoms with Crippen LogP contribution in [0.15, 0.2) is 0 Å². The van der Waals surface area contributed by atoms with Crippen molar-refractivity contribution >= 4 is 12.6 Å². The Balaban J connectivity index is 1.52. The van der Waals surface area contributed by atoms with E-state index >= 15 is 0 Å². The molecule has 1 aliphatic carbocycles. The minimum Gasteiger partial charge on any atom is -0.301 e. The summed E-state index contributed by atoms with van der Waals surface area (Å²) in [5.41, 5.74) is 0.524. The average Bonchev–Trinajstić information content (AvgIpc) is 2.86. The fourth-order valence-corrected chi connectivity index (χ4v) is 5.27. The van der Waals surface area contributed by atoms with E-state index < -0.39 is 0 Å². The Bertz CT molecular complexity index is 306. The Morgan fingerprint density at radius 1 is 0.857 bits per heavy atom. The highest BCUT2D eigenvalue weighted by molar-refractivity contribution is 7.80. The average molecular weight is 311 g/mol. The Kier molecular flexibility index (Phi) is 5.92. The van der Waals surface area contributed by atoms with Crippen LogP contribution >= 0.6 is 12.6 Å². The minimum absolute atomic E-state index is 0.524. The summed E-state index contributed by atoms with van der Waals surface area (Å²) < 4.78 is 0. The lowest BCUT2D eigenvalue weighted by molar-refractivity contribution is 0.139. The molecule has 3 rings (SSSR count). The SMILES string of the molecule is SCC1(CN2CCC(N3CCCCC3)C2)CCCCCC1. The maximum absolute atomic E-state index is 4.76. The van der Waals surface area contributed by atoms with Crippen LogP contribution in [0.4, 0.5) is 0 Å². The standard InChI is InChI=1S/C18H34N2S/c21-16-18(9-4-1-2-5-10-18)15-19-13-8-17(14-19)20-11-6-3-7-12-20/h17,21H,1-16H2. The van der Waals surface area contributed by atoms with Crippen LogP contribution in [0.1, 0.15) is 64.2 Å². The molecule has 3 aliphatic rings. The first-order valence-corrected chi connectivity index (χ1v) is 10.0. The lowest BCUT2D eigenvalue weighted by Gasteiger charge is -2.36. The van der Waals surface area contributed by atoms with Gasteiger partial charge in [-0.05, 0) is 62.9 Å². The third kappa shape index (κ3) is 4.17. The van der Waals surface area contributed by atoms with Gasteiger partial charge in [-0.2, -0.15) is 12.6 Å². The van der Waals surface area contributed by atoms with E-state index in [0.717, 1.165) is 11.8 Å². The van der Waals surface area contributed by atoms with Gasteiger partial charge < -0.3 is 4.90 Å². The van der Waals surface area contributed by atoms with E-state index in [2.05, 4.69) is 9.80 Å². The molecule has 1 atom stereocenters. The van der Waals surface area contributed by atoms with Gasteiger partial charge in [0.2, 0.25) is 0 Å². The first kappa shape index (κ1) is 16.1. The molecule has 0 aromatic carbocycles. The van der Waals surface area contributed by atoms with Gasteiger partial charge in [0.05, 0.1) is 0 Å². The number of likely N-dealkylation sites (tertiary alicyclic amines) is 2. The van der Waals surface area contributed by atoms with E-state index in [-0.39, 0.29) is 0 Å². The Morgan fingerprint density at radius 3 is 2.19 bits per heavy atom. The predicted octanol–water partition coefficient (Wildman–Crippen LogP) is 3.82. The lowest BCUT2D eigenvalue weighted by Crippen LogP contribution is -2.43. The molecule has 0 spiro atoms. The molecule has 21 heavy (non-hydrogen) atoms. The van der Waals surface area contributed by atoms with E-state index in [1.807, 2.05) is 0 Å². The monoisotopic (exact) mass is 310 g/mol. The van der Waals surface area contributed by atoms with Gasteiger partial charge in [0.25, 0.3) is 0 Å². The quantitative estimate of drug-likeness (QED) is 0.623. The van der Waals surface area contributed by atoms with Crippen molar-refractivity contribution < 1.29 is 0 Å². The van der Waals surface area contributed by atoms with Crippen LogP contribution in [0.2, 0.25) is 0 Å². The van der Waals surface area contributed by atoms with Crippen molar-refractivity contribution in [3.63, 3.8) is 0 Å². The van der Waals surface area contributed by atoms with Crippen LogP contribution < -0.4 is 0 Å². The second kappa shape index (κ2) is 7.70. The summed E-state index contributed by atoms with van der Waals surface area (Å²) in [5.74, 6) is 1.10. The molecule has 2 aliphatic heterocycles. The van der Waals surface area contributed by atoms with Gasteiger partial charge in [-0.25, -0.2) is 0 Å². The van der Waals surface area contributed by atoms with Gasteiger partial charge in [0.1, 0.15) is 0 Å². The molecule has 3 heteroatoms. The molecular weight excluding hydrogens is 276 g/mol. The highest BCUT2D eigenvalue weighted by atomic mass is 32.1. The fourth-order valence-electron chi connectivity index (χ4n) is 4.86. The highest BCUT2D eigenvalue weighted by Crippen LogP contribution is 2.37. The van der Waals surface area contributed by atoms with Crippen molar-refractivity contribution in [2.24, 2.45) is 5.41 Å². The maximum atomic E-state index is 4.76. The normalized spacial score (nSPS) is 32.1. The van der Waals surface area contributed by atoms with Crippen molar-refractivity contribution in [3.05, 3.63) is 0 Å². The molecular formula is C18H34N2S. The Labute approximate surface area is 137 Å². The Hall–Kier alpha value is 0.270. The van der Waals surface area contributed by atoms with Crippen molar-refractivity contribution in [2.45, 2.75) is 70.3 Å². The smallest absolute Gasteiger partial charge is 0.0235 e. The maximum Gasteiger partial charge on any atom is 0.0235 e. The number of hydrogen-bond acceptors (Lipinski definition) is 3. The zero-order valence-corrected chi connectivity index (χ0v) is 14.6. The molecule has 122 valence electrons. The van der Waals surface area contributed by atoms with Gasteiger partial charge in [0, 0.05) is 19.1 Å². The zero-order chi connectivity index (χ0) is 14.5. The van der Waals surface area contributed by atoms with Crippen LogP contribution in [0.3, 0.4) is 0 Å². The molecule has 2 nitrogen and oxygen atoms in total. The fraction of sp³-hybridized carbons (Fsp3) is 1.00. The van der Waals surface area contributed by atoms with Crippen molar-refractivity contribution in [3.8, 4) is 0 Å². The second-order valence-corrected chi connectivity index (χ2v) is 8.16. The van der Waals surface area contributed by atoms with E-state index in [1.165, 1.54) is 96.9 Å². The van der Waals surface area contributed by atoms with Crippen LogP contribution in [0, 0.1) is 5.41 Å². The molecule has 1 unspecified atom stereocenters. The molecule has 3 fully saturated rings. The summed E-state index contributed by atoms with van der Waals surface area (Å²) in [6.45, 7) is 6.69. The largest absolute Gasteiger partial charge is 0.301 e. The molecule has 0 amide bonds. The third-order valence-electron chi connectivity index (χ3n) is 6.21. The lowest BCUT2D eigenvalue weighted by atomic mass is 9.82. The third-order valence-corrected chi connectivity index (χ3v) is 6.88. The number of hydrogen-bond donors (Lipinski definition) is 1. The van der Waals surface area contributed by atoms with Gasteiger partial charge in [-0.1, -0.05) is 32.1 Å². The van der Waals surface area contributed by atoms with Crippen LogP contribution in [0.25, 0.3) is 0 Å². The van der Waals surface area contributed by atoms with Crippen molar-refractivity contribution in [2.75, 3.05) is 38.5 Å². The van der Waals surface area contributed by atoms with E-state index in [9.17, 15) is 0 Å². The molecule has 0 bridgehead atoms. The molecule has 0 aromatic rings. The van der Waals surface area contributed by atoms with E-state index in [0.29, 0.717) is 5.41 Å². The van der Waals surface area contributed by atoms with Gasteiger partial charge >= 0.3 is 0 Å². The first-order chi connectivity index (χ1) is 10.3. The van der Waals surface area contributed by atoms with Crippen LogP contribution in [-0.4, -0.2) is 54.3 Å². The number of thiol groups is 1. The van der Waals surface area contributed by atoms with Gasteiger partial charge in [-0.3, -0.25) is 4.90 Å². The van der Waals surface area contributed by atoms with Crippen molar-refractivity contribution in [1.82, 2.24) is 9.80 Å². The predicted molar refractivity (Wildman–Crippen MR) is 94.3 cm³/mol. The Morgan fingerprint density at radius 2 is 1.52 bits per heavy atom. The summed E-state index contributed by atoms with van der Waals surface area (Å²) in [6, 6.07) is 0.855. The molecule has 1 saturated carbocycles. The summed E-state index contributed by atoms with van der Waals surface area (Å²) in [6.07, 6.45) is 14.3. The summed E-state index contributed by atoms with van der Waals surface area (Å²) in [4.78, 5) is 5.56. The summed E-state index contributed by atoms with van der Waals surface area (Å²) in [7, 11) is 0. The molecule has 0 N–H and O–H groups in total. The molecule has 2 heterocycles. The van der Waals surface area contributed by atoms with Crippen LogP contribution in [0.5, 0.6) is 0 Å². The van der Waals surface area contributed by atoms with E-state index in [1.54, 1.807) is 0 Å². The zero-order valence-electron chi connectivity index (χ0n) is 13.7. The first-order valence-electron chi connectivity index (χ1n) is 9.39.